The summed E-state index contributed by atoms with van der Waals surface area (Å²) in [5.74, 6) is 9.05. The molecule has 0 heterocycles. The summed E-state index contributed by atoms with van der Waals surface area (Å²) in [6.45, 7) is 2.26. The van der Waals surface area contributed by atoms with Crippen LogP contribution >= 0.6 is 0 Å². The second-order valence-corrected chi connectivity index (χ2v) is 2.81. The van der Waals surface area contributed by atoms with Crippen molar-refractivity contribution in [2.24, 2.45) is 17.8 Å². The molecule has 1 fully saturated rings. The third-order valence-corrected chi connectivity index (χ3v) is 2.47. The largest absolute Gasteiger partial charge is 0.0992 e. The Labute approximate surface area is 50.3 Å². The molecule has 1 saturated carbocycles. The number of hydrogen-bond donors (Lipinski definition) is 0. The van der Waals surface area contributed by atoms with Gasteiger partial charge in [-0.2, -0.15) is 0 Å². The summed E-state index contributed by atoms with van der Waals surface area (Å²) in [4.78, 5) is 0. The Bertz CT molecular complexity index is 145. The van der Waals surface area contributed by atoms with Crippen LogP contribution in [-0.4, -0.2) is 0 Å². The number of rotatable bonds is 1. The zero-order valence-electron chi connectivity index (χ0n) is 5.15. The van der Waals surface area contributed by atoms with Gasteiger partial charge in [-0.25, -0.2) is 0 Å². The zero-order valence-corrected chi connectivity index (χ0v) is 5.15. The van der Waals surface area contributed by atoms with Gasteiger partial charge >= 0.3 is 0 Å². The molecule has 0 N–H and O–H groups in total. The highest BCUT2D eigenvalue weighted by molar-refractivity contribution is 5.26. The summed E-state index contributed by atoms with van der Waals surface area (Å²) in [6.07, 6.45) is 2.69. The van der Waals surface area contributed by atoms with E-state index >= 15 is 0 Å². The lowest BCUT2D eigenvalue weighted by Gasteiger charge is -2.33. The van der Waals surface area contributed by atoms with Crippen LogP contribution in [0.1, 0.15) is 19.8 Å². The summed E-state index contributed by atoms with van der Waals surface area (Å²) < 4.78 is 0. The van der Waals surface area contributed by atoms with Gasteiger partial charge in [-0.1, -0.05) is 25.2 Å². The van der Waals surface area contributed by atoms with Crippen LogP contribution < -0.4 is 0 Å². The van der Waals surface area contributed by atoms with Crippen molar-refractivity contribution < 1.29 is 0 Å². The molecule has 2 unspecified atom stereocenters. The molecule has 3 aliphatic carbocycles. The number of hydrogen-bond acceptors (Lipinski definition) is 0. The molecule has 3 aliphatic rings. The molecule has 0 nitrogen and oxygen atoms in total. The van der Waals surface area contributed by atoms with E-state index < -0.39 is 0 Å². The molecular formula is C8H10. The van der Waals surface area contributed by atoms with Crippen molar-refractivity contribution in [1.29, 1.82) is 0 Å². The molecule has 0 saturated heterocycles. The topological polar surface area (TPSA) is 0 Å². The summed E-state index contributed by atoms with van der Waals surface area (Å²) in [7, 11) is 0. The first-order valence-electron chi connectivity index (χ1n) is 3.43. The van der Waals surface area contributed by atoms with Gasteiger partial charge in [-0.05, 0) is 12.3 Å². The molecule has 8 heavy (non-hydrogen) atoms. The lowest BCUT2D eigenvalue weighted by Crippen LogP contribution is -2.29. The van der Waals surface area contributed by atoms with Crippen molar-refractivity contribution in [1.82, 2.24) is 0 Å². The maximum atomic E-state index is 3.24. The fraction of sp³-hybridized carbons (Fsp3) is 0.750. The van der Waals surface area contributed by atoms with Gasteiger partial charge in [0.1, 0.15) is 0 Å². The van der Waals surface area contributed by atoms with E-state index in [0.717, 1.165) is 17.8 Å². The fourth-order valence-electron chi connectivity index (χ4n) is 1.82. The van der Waals surface area contributed by atoms with Gasteiger partial charge in [0.05, 0.1) is 0 Å². The van der Waals surface area contributed by atoms with Crippen LogP contribution in [-0.2, 0) is 0 Å². The van der Waals surface area contributed by atoms with E-state index in [0.29, 0.717) is 0 Å². The molecule has 42 valence electrons. The van der Waals surface area contributed by atoms with Crippen LogP contribution in [0.3, 0.4) is 0 Å². The van der Waals surface area contributed by atoms with Crippen molar-refractivity contribution in [2.45, 2.75) is 19.8 Å². The predicted octanol–water partition coefficient (Wildman–Crippen LogP) is 1.67. The zero-order chi connectivity index (χ0) is 5.56. The van der Waals surface area contributed by atoms with Crippen LogP contribution in [0.2, 0.25) is 0 Å². The maximum Gasteiger partial charge on any atom is 0.0254 e. The fourth-order valence-corrected chi connectivity index (χ4v) is 1.82. The standard InChI is InChI=1S/C8H10/c1-2-8-6-3-4-7(8)5-6/h6-8H,2,5H2,1H3. The van der Waals surface area contributed by atoms with E-state index in [9.17, 15) is 0 Å². The summed E-state index contributed by atoms with van der Waals surface area (Å²) >= 11 is 0. The van der Waals surface area contributed by atoms with Gasteiger partial charge in [0.25, 0.3) is 0 Å². The van der Waals surface area contributed by atoms with Crippen molar-refractivity contribution >= 4 is 0 Å². The van der Waals surface area contributed by atoms with Gasteiger partial charge in [0.15, 0.2) is 0 Å². The molecule has 0 amide bonds. The van der Waals surface area contributed by atoms with E-state index in [1.54, 1.807) is 0 Å². The Morgan fingerprint density at radius 2 is 2.00 bits per heavy atom. The summed E-state index contributed by atoms with van der Waals surface area (Å²) in [5.41, 5.74) is 0. The van der Waals surface area contributed by atoms with Crippen LogP contribution in [0, 0.1) is 29.6 Å². The van der Waals surface area contributed by atoms with Gasteiger partial charge in [0.2, 0.25) is 0 Å². The minimum absolute atomic E-state index is 0.810. The van der Waals surface area contributed by atoms with E-state index in [-0.39, 0.29) is 0 Å². The van der Waals surface area contributed by atoms with E-state index in [1.165, 1.54) is 12.8 Å². The van der Waals surface area contributed by atoms with Crippen LogP contribution in [0.5, 0.6) is 0 Å². The molecular weight excluding hydrogens is 96.1 g/mol. The molecule has 0 aliphatic heterocycles. The minimum Gasteiger partial charge on any atom is -0.0992 e. The molecule has 3 rings (SSSR count). The second-order valence-electron chi connectivity index (χ2n) is 2.81. The highest BCUT2D eigenvalue weighted by atomic mass is 14.4. The average molecular weight is 106 g/mol. The smallest absolute Gasteiger partial charge is 0.0254 e. The summed E-state index contributed by atoms with van der Waals surface area (Å²) in [6, 6.07) is 0. The predicted molar refractivity (Wildman–Crippen MR) is 33.2 cm³/mol. The molecule has 2 atom stereocenters. The first-order valence-corrected chi connectivity index (χ1v) is 3.43. The first kappa shape index (κ1) is 4.44. The molecule has 0 aromatic rings. The monoisotopic (exact) mass is 106 g/mol. The van der Waals surface area contributed by atoms with E-state index in [4.69, 9.17) is 0 Å². The normalized spacial score (nSPS) is 47.4. The highest BCUT2D eigenvalue weighted by Gasteiger charge is 2.41. The van der Waals surface area contributed by atoms with Crippen LogP contribution in [0.15, 0.2) is 0 Å². The molecule has 0 aromatic carbocycles. The quantitative estimate of drug-likeness (QED) is 0.446. The van der Waals surface area contributed by atoms with E-state index in [1.807, 2.05) is 0 Å². The maximum absolute atomic E-state index is 3.24. The lowest BCUT2D eigenvalue weighted by molar-refractivity contribution is 0.181. The Morgan fingerprint density at radius 1 is 1.38 bits per heavy atom. The molecule has 0 heteroatoms. The third kappa shape index (κ3) is 0.336. The SMILES string of the molecule is CCC1C2C#CC1C2. The van der Waals surface area contributed by atoms with Gasteiger partial charge in [-0.3, -0.25) is 0 Å². The lowest BCUT2D eigenvalue weighted by atomic mass is 9.69. The second kappa shape index (κ2) is 1.29. The van der Waals surface area contributed by atoms with Crippen molar-refractivity contribution in [3.63, 3.8) is 0 Å². The Kier molecular flexibility index (Phi) is 0.713. The summed E-state index contributed by atoms with van der Waals surface area (Å²) in [5, 5.41) is 0. The molecule has 2 bridgehead atoms. The molecule has 0 aromatic heterocycles. The Morgan fingerprint density at radius 3 is 2.25 bits per heavy atom. The van der Waals surface area contributed by atoms with Crippen LogP contribution in [0.4, 0.5) is 0 Å². The van der Waals surface area contributed by atoms with E-state index in [2.05, 4.69) is 18.8 Å². The van der Waals surface area contributed by atoms with Crippen molar-refractivity contribution in [2.75, 3.05) is 0 Å². The highest BCUT2D eigenvalue weighted by Crippen LogP contribution is 2.45. The Balaban J connectivity index is 2.10. The van der Waals surface area contributed by atoms with Crippen LogP contribution in [0.25, 0.3) is 0 Å². The average Bonchev–Trinajstić information content (AvgIpc) is 2.19. The third-order valence-electron chi connectivity index (χ3n) is 2.47. The van der Waals surface area contributed by atoms with Gasteiger partial charge in [-0.15, -0.1) is 0 Å². The first-order chi connectivity index (χ1) is 3.92. The van der Waals surface area contributed by atoms with Crippen molar-refractivity contribution in [3.8, 4) is 11.8 Å². The molecule has 0 spiro atoms. The Hall–Kier alpha value is -0.440. The van der Waals surface area contributed by atoms with Gasteiger partial charge < -0.3 is 0 Å². The van der Waals surface area contributed by atoms with Gasteiger partial charge in [0, 0.05) is 11.8 Å². The minimum atomic E-state index is 0.810. The van der Waals surface area contributed by atoms with Crippen molar-refractivity contribution in [3.05, 3.63) is 0 Å². The molecule has 0 radical (unpaired) electrons.